The van der Waals surface area contributed by atoms with Crippen molar-refractivity contribution >= 4 is 15.9 Å². The van der Waals surface area contributed by atoms with Crippen LogP contribution in [0.1, 0.15) is 40.9 Å². The van der Waals surface area contributed by atoms with Crippen LogP contribution in [0.5, 0.6) is 5.75 Å². The van der Waals surface area contributed by atoms with Crippen LogP contribution >= 0.6 is 0 Å². The fourth-order valence-electron chi connectivity index (χ4n) is 3.83. The van der Waals surface area contributed by atoms with Gasteiger partial charge < -0.3 is 9.64 Å². The van der Waals surface area contributed by atoms with Crippen LogP contribution in [0, 0.1) is 34.6 Å². The van der Waals surface area contributed by atoms with E-state index in [4.69, 9.17) is 4.74 Å². The van der Waals surface area contributed by atoms with E-state index in [0.717, 1.165) is 22.4 Å². The van der Waals surface area contributed by atoms with Gasteiger partial charge in [-0.25, -0.2) is 13.1 Å². The molecule has 0 unspecified atom stereocenters. The van der Waals surface area contributed by atoms with Crippen LogP contribution in [-0.4, -0.2) is 55.2 Å². The number of rotatable bonds is 6. The minimum Gasteiger partial charge on any atom is -0.483 e. The van der Waals surface area contributed by atoms with E-state index in [0.29, 0.717) is 37.3 Å². The van der Waals surface area contributed by atoms with E-state index >= 15 is 0 Å². The lowest BCUT2D eigenvalue weighted by molar-refractivity contribution is -0.134. The lowest BCUT2D eigenvalue weighted by atomic mass is 10.1. The molecule has 0 bridgehead atoms. The van der Waals surface area contributed by atoms with Gasteiger partial charge in [0.1, 0.15) is 10.6 Å². The van der Waals surface area contributed by atoms with E-state index < -0.39 is 10.0 Å². The number of nitrogens with zero attached hydrogens (tertiary/aromatic N) is 2. The zero-order valence-electron chi connectivity index (χ0n) is 18.2. The number of amides is 1. The number of hydrogen-bond acceptors (Lipinski definition) is 5. The van der Waals surface area contributed by atoms with Crippen molar-refractivity contribution in [2.45, 2.75) is 58.4 Å². The highest BCUT2D eigenvalue weighted by Gasteiger charge is 2.29. The summed E-state index contributed by atoms with van der Waals surface area (Å²) in [6.45, 7) is 10.3. The number of ether oxygens (including phenoxy) is 1. The second-order valence-electron chi connectivity index (χ2n) is 7.98. The quantitative estimate of drug-likeness (QED) is 0.726. The fourth-order valence-corrected chi connectivity index (χ4v) is 5.51. The van der Waals surface area contributed by atoms with E-state index in [1.807, 2.05) is 32.9 Å². The minimum atomic E-state index is -3.65. The molecule has 9 heteroatoms. The molecule has 2 N–H and O–H groups in total. The zero-order chi connectivity index (χ0) is 22.1. The summed E-state index contributed by atoms with van der Waals surface area (Å²) in [6.07, 6.45) is 1.12. The maximum absolute atomic E-state index is 12.7. The third kappa shape index (κ3) is 4.67. The Balaban J connectivity index is 1.54. The number of aromatic nitrogens is 2. The molecule has 1 aromatic heterocycles. The Bertz CT molecular complexity index is 1020. The third-order valence-corrected chi connectivity index (χ3v) is 7.49. The van der Waals surface area contributed by atoms with Gasteiger partial charge in [0, 0.05) is 19.1 Å². The predicted molar refractivity (Wildman–Crippen MR) is 114 cm³/mol. The molecule has 164 valence electrons. The van der Waals surface area contributed by atoms with Gasteiger partial charge >= 0.3 is 0 Å². The number of benzene rings is 1. The van der Waals surface area contributed by atoms with Crippen LogP contribution in [0.15, 0.2) is 17.0 Å². The van der Waals surface area contributed by atoms with Gasteiger partial charge in [-0.2, -0.15) is 5.10 Å². The Morgan fingerprint density at radius 1 is 1.17 bits per heavy atom. The molecule has 1 aliphatic heterocycles. The van der Waals surface area contributed by atoms with Crippen molar-refractivity contribution in [3.63, 3.8) is 0 Å². The lowest BCUT2D eigenvalue weighted by Crippen LogP contribution is -2.47. The van der Waals surface area contributed by atoms with Crippen molar-refractivity contribution < 1.29 is 17.9 Å². The van der Waals surface area contributed by atoms with Crippen molar-refractivity contribution in [1.29, 1.82) is 0 Å². The van der Waals surface area contributed by atoms with Crippen LogP contribution in [0.3, 0.4) is 0 Å². The van der Waals surface area contributed by atoms with Gasteiger partial charge in [0.2, 0.25) is 10.0 Å². The lowest BCUT2D eigenvalue weighted by Gasteiger charge is -2.32. The van der Waals surface area contributed by atoms with Crippen molar-refractivity contribution in [3.05, 3.63) is 40.2 Å². The molecule has 1 aromatic carbocycles. The van der Waals surface area contributed by atoms with Gasteiger partial charge in [0.05, 0.1) is 11.4 Å². The van der Waals surface area contributed by atoms with Crippen LogP contribution in [0.25, 0.3) is 0 Å². The number of carbonyl (C=O) groups excluding carboxylic acids is 1. The smallest absolute Gasteiger partial charge is 0.260 e. The second kappa shape index (κ2) is 8.77. The first-order valence-electron chi connectivity index (χ1n) is 10.1. The highest BCUT2D eigenvalue weighted by Crippen LogP contribution is 2.26. The number of piperidine rings is 1. The van der Waals surface area contributed by atoms with Gasteiger partial charge in [-0.05, 0) is 64.2 Å². The first kappa shape index (κ1) is 22.3. The summed E-state index contributed by atoms with van der Waals surface area (Å²) in [5.41, 5.74) is 4.14. The van der Waals surface area contributed by atoms with Gasteiger partial charge in [-0.15, -0.1) is 0 Å². The third-order valence-electron chi connectivity index (χ3n) is 5.71. The van der Waals surface area contributed by atoms with E-state index in [-0.39, 0.29) is 23.5 Å². The topological polar surface area (TPSA) is 104 Å². The van der Waals surface area contributed by atoms with E-state index in [9.17, 15) is 13.2 Å². The highest BCUT2D eigenvalue weighted by molar-refractivity contribution is 7.89. The number of carbonyl (C=O) groups is 1. The van der Waals surface area contributed by atoms with E-state index in [1.165, 1.54) is 0 Å². The first-order chi connectivity index (χ1) is 14.1. The molecule has 8 nitrogen and oxygen atoms in total. The molecule has 0 saturated carbocycles. The van der Waals surface area contributed by atoms with Crippen molar-refractivity contribution in [1.82, 2.24) is 19.8 Å². The van der Waals surface area contributed by atoms with Gasteiger partial charge in [-0.3, -0.25) is 9.89 Å². The number of aryl methyl sites for hydroxylation is 4. The summed E-state index contributed by atoms with van der Waals surface area (Å²) in [5.74, 6) is 0.676. The Morgan fingerprint density at radius 2 is 1.80 bits per heavy atom. The molecule has 0 atom stereocenters. The number of likely N-dealkylation sites (tertiary alicyclic amines) is 1. The Hall–Kier alpha value is -2.39. The summed E-state index contributed by atoms with van der Waals surface area (Å²) in [7, 11) is -3.65. The number of aromatic amines is 1. The number of nitrogens with one attached hydrogen (secondary N) is 2. The molecule has 0 radical (unpaired) electrons. The molecule has 2 aromatic rings. The number of H-pyrrole nitrogens is 1. The predicted octanol–water partition coefficient (Wildman–Crippen LogP) is 2.30. The van der Waals surface area contributed by atoms with Crippen LogP contribution < -0.4 is 9.46 Å². The summed E-state index contributed by atoms with van der Waals surface area (Å²) >= 11 is 0. The molecule has 0 spiro atoms. The van der Waals surface area contributed by atoms with Gasteiger partial charge in [0.15, 0.2) is 6.61 Å². The van der Waals surface area contributed by atoms with E-state index in [1.54, 1.807) is 18.7 Å². The zero-order valence-corrected chi connectivity index (χ0v) is 19.0. The van der Waals surface area contributed by atoms with Crippen LogP contribution in [-0.2, 0) is 14.8 Å². The molecule has 1 aliphatic rings. The average Bonchev–Trinajstić information content (AvgIpc) is 3.04. The normalized spacial score (nSPS) is 15.4. The number of sulfonamides is 1. The van der Waals surface area contributed by atoms with Crippen LogP contribution in [0.4, 0.5) is 0 Å². The Kier molecular flexibility index (Phi) is 6.52. The van der Waals surface area contributed by atoms with Gasteiger partial charge in [-0.1, -0.05) is 12.1 Å². The average molecular weight is 435 g/mol. The van der Waals surface area contributed by atoms with Crippen LogP contribution in [0.2, 0.25) is 0 Å². The van der Waals surface area contributed by atoms with E-state index in [2.05, 4.69) is 14.9 Å². The number of hydrogen-bond donors (Lipinski definition) is 2. The molecular formula is C21H30N4O4S. The molecule has 30 heavy (non-hydrogen) atoms. The largest absolute Gasteiger partial charge is 0.483 e. The Morgan fingerprint density at radius 3 is 2.40 bits per heavy atom. The van der Waals surface area contributed by atoms with Crippen molar-refractivity contribution in [3.8, 4) is 5.75 Å². The fraction of sp³-hybridized carbons (Fsp3) is 0.524. The molecular weight excluding hydrogens is 404 g/mol. The second-order valence-corrected chi connectivity index (χ2v) is 9.63. The molecule has 0 aliphatic carbocycles. The van der Waals surface area contributed by atoms with Crippen molar-refractivity contribution in [2.75, 3.05) is 19.7 Å². The maximum Gasteiger partial charge on any atom is 0.260 e. The maximum atomic E-state index is 12.7. The summed E-state index contributed by atoms with van der Waals surface area (Å²) in [6, 6.07) is 3.82. The SMILES string of the molecule is Cc1ccc(C)c(OCC(=O)N2CCC(NS(=O)(=O)c3c(C)n[nH]c3C)CC2)c1C. The Labute approximate surface area is 178 Å². The molecule has 1 fully saturated rings. The molecule has 1 amide bonds. The first-order valence-corrected chi connectivity index (χ1v) is 11.6. The minimum absolute atomic E-state index is 0.0189. The summed E-state index contributed by atoms with van der Waals surface area (Å²) in [5, 5.41) is 6.67. The van der Waals surface area contributed by atoms with Gasteiger partial charge in [0.25, 0.3) is 5.91 Å². The molecule has 2 heterocycles. The van der Waals surface area contributed by atoms with Crippen molar-refractivity contribution in [2.24, 2.45) is 0 Å². The monoisotopic (exact) mass is 434 g/mol. The highest BCUT2D eigenvalue weighted by atomic mass is 32.2. The molecule has 3 rings (SSSR count). The molecule has 1 saturated heterocycles. The standard InChI is InChI=1S/C21H30N4O4S/c1-13-6-7-14(2)20(15(13)3)29-12-19(26)25-10-8-18(9-11-25)24-30(27,28)21-16(4)22-23-17(21)5/h6-7,18,24H,8-12H2,1-5H3,(H,22,23). The summed E-state index contributed by atoms with van der Waals surface area (Å²) in [4.78, 5) is 14.5. The summed E-state index contributed by atoms with van der Waals surface area (Å²) < 4.78 is 34.0.